The van der Waals surface area contributed by atoms with Crippen molar-refractivity contribution in [1.29, 1.82) is 5.41 Å². The fourth-order valence-corrected chi connectivity index (χ4v) is 2.39. The fraction of sp³-hybridized carbons (Fsp3) is 0.583. The number of rotatable bonds is 4. The number of ether oxygens (including phenoxy) is 1. The van der Waals surface area contributed by atoms with E-state index in [0.29, 0.717) is 5.69 Å². The van der Waals surface area contributed by atoms with Crippen molar-refractivity contribution < 1.29 is 9.84 Å². The predicted octanol–water partition coefficient (Wildman–Crippen LogP) is 0.479. The average Bonchev–Trinajstić information content (AvgIpc) is 2.83. The van der Waals surface area contributed by atoms with Gasteiger partial charge in [-0.05, 0) is 18.8 Å². The van der Waals surface area contributed by atoms with Gasteiger partial charge >= 0.3 is 0 Å². The molecule has 3 unspecified atom stereocenters. The summed E-state index contributed by atoms with van der Waals surface area (Å²) in [6.45, 7) is 5.56. The quantitative estimate of drug-likeness (QED) is 0.543. The molecule has 3 atom stereocenters. The summed E-state index contributed by atoms with van der Waals surface area (Å²) in [7, 11) is 0. The van der Waals surface area contributed by atoms with Gasteiger partial charge < -0.3 is 15.6 Å². The molecule has 19 heavy (non-hydrogen) atoms. The van der Waals surface area contributed by atoms with Gasteiger partial charge in [-0.2, -0.15) is 5.10 Å². The maximum Gasteiger partial charge on any atom is 0.196 e. The second kappa shape index (κ2) is 5.50. The molecule has 0 bridgehead atoms. The summed E-state index contributed by atoms with van der Waals surface area (Å²) in [4.78, 5) is 4.08. The molecule has 2 heterocycles. The van der Waals surface area contributed by atoms with Gasteiger partial charge in [0.25, 0.3) is 0 Å². The SMILES string of the molecule is C=Nn1c(C2OC(CO)CCC2C)cnc1C(=N)N. The number of aliphatic hydroxyl groups excluding tert-OH is 1. The summed E-state index contributed by atoms with van der Waals surface area (Å²) in [5, 5.41) is 20.5. The minimum absolute atomic E-state index is 0.00155. The molecule has 1 fully saturated rings. The van der Waals surface area contributed by atoms with Crippen LogP contribution >= 0.6 is 0 Å². The van der Waals surface area contributed by atoms with Crippen molar-refractivity contribution in [3.63, 3.8) is 0 Å². The Kier molecular flexibility index (Phi) is 3.96. The molecule has 104 valence electrons. The highest BCUT2D eigenvalue weighted by Gasteiger charge is 2.32. The second-order valence-corrected chi connectivity index (χ2v) is 4.79. The number of aromatic nitrogens is 2. The van der Waals surface area contributed by atoms with Crippen LogP contribution in [0.25, 0.3) is 0 Å². The first-order chi connectivity index (χ1) is 9.08. The van der Waals surface area contributed by atoms with Crippen LogP contribution in [-0.2, 0) is 4.74 Å². The molecule has 0 saturated carbocycles. The summed E-state index contributed by atoms with van der Waals surface area (Å²) in [6.07, 6.45) is 3.00. The van der Waals surface area contributed by atoms with E-state index >= 15 is 0 Å². The molecule has 1 aromatic rings. The Morgan fingerprint density at radius 1 is 1.74 bits per heavy atom. The third-order valence-electron chi connectivity index (χ3n) is 3.44. The number of nitrogens with zero attached hydrogens (tertiary/aromatic N) is 3. The molecule has 7 heteroatoms. The molecular weight excluding hydrogens is 246 g/mol. The number of imidazole rings is 1. The number of nitrogens with two attached hydrogens (primary N) is 1. The van der Waals surface area contributed by atoms with Gasteiger partial charge in [-0.25, -0.2) is 9.66 Å². The van der Waals surface area contributed by atoms with E-state index in [4.69, 9.17) is 15.9 Å². The van der Waals surface area contributed by atoms with Gasteiger partial charge in [-0.3, -0.25) is 5.41 Å². The van der Waals surface area contributed by atoms with Gasteiger partial charge in [0.15, 0.2) is 11.7 Å². The zero-order valence-corrected chi connectivity index (χ0v) is 10.9. The van der Waals surface area contributed by atoms with Crippen LogP contribution in [0.2, 0.25) is 0 Å². The summed E-state index contributed by atoms with van der Waals surface area (Å²) in [5.41, 5.74) is 6.17. The van der Waals surface area contributed by atoms with Crippen LogP contribution in [0, 0.1) is 11.3 Å². The molecule has 7 nitrogen and oxygen atoms in total. The molecule has 0 amide bonds. The first kappa shape index (κ1) is 13.7. The normalized spacial score (nSPS) is 27.2. The molecule has 1 aromatic heterocycles. The molecule has 0 spiro atoms. The van der Waals surface area contributed by atoms with Crippen LogP contribution in [0.3, 0.4) is 0 Å². The molecule has 4 N–H and O–H groups in total. The molecule has 1 saturated heterocycles. The van der Waals surface area contributed by atoms with Crippen molar-refractivity contribution in [3.05, 3.63) is 17.7 Å². The molecular formula is C12H19N5O2. The van der Waals surface area contributed by atoms with Crippen molar-refractivity contribution in [3.8, 4) is 0 Å². The third-order valence-corrected chi connectivity index (χ3v) is 3.44. The lowest BCUT2D eigenvalue weighted by Crippen LogP contribution is -2.31. The minimum atomic E-state index is -0.225. The van der Waals surface area contributed by atoms with E-state index in [2.05, 4.69) is 23.7 Å². The lowest BCUT2D eigenvalue weighted by atomic mass is 9.92. The first-order valence-corrected chi connectivity index (χ1v) is 6.23. The number of nitrogen functional groups attached to an aromatic ring is 1. The van der Waals surface area contributed by atoms with E-state index in [-0.39, 0.29) is 36.4 Å². The van der Waals surface area contributed by atoms with E-state index in [0.717, 1.165) is 12.8 Å². The van der Waals surface area contributed by atoms with Crippen LogP contribution in [0.15, 0.2) is 11.3 Å². The molecule has 0 aromatic carbocycles. The number of amidine groups is 1. The highest BCUT2D eigenvalue weighted by Crippen LogP contribution is 2.36. The topological polar surface area (TPSA) is 110 Å². The number of hydrogen-bond acceptors (Lipinski definition) is 5. The second-order valence-electron chi connectivity index (χ2n) is 4.79. The highest BCUT2D eigenvalue weighted by atomic mass is 16.5. The molecule has 1 aliphatic rings. The lowest BCUT2D eigenvalue weighted by Gasteiger charge is -2.33. The standard InChI is InChI=1S/C12H19N5O2/c1-7-3-4-8(6-18)19-10(7)9-5-16-12(11(13)14)17(9)15-2/h5,7-8,10,18H,2-4,6H2,1H3,(H3,13,14). The van der Waals surface area contributed by atoms with E-state index in [9.17, 15) is 5.11 Å². The van der Waals surface area contributed by atoms with E-state index in [1.807, 2.05) is 0 Å². The minimum Gasteiger partial charge on any atom is -0.394 e. The Morgan fingerprint density at radius 3 is 3.05 bits per heavy atom. The van der Waals surface area contributed by atoms with E-state index in [1.54, 1.807) is 6.20 Å². The summed E-state index contributed by atoms with van der Waals surface area (Å²) in [5.74, 6) is 0.368. The van der Waals surface area contributed by atoms with Crippen molar-refractivity contribution in [1.82, 2.24) is 9.66 Å². The molecule has 2 rings (SSSR count). The number of hydrogen-bond donors (Lipinski definition) is 3. The first-order valence-electron chi connectivity index (χ1n) is 6.23. The Balaban J connectivity index is 2.34. The Labute approximate surface area is 111 Å². The van der Waals surface area contributed by atoms with Crippen molar-refractivity contribution >= 4 is 12.6 Å². The summed E-state index contributed by atoms with van der Waals surface area (Å²) < 4.78 is 7.29. The largest absolute Gasteiger partial charge is 0.394 e. The highest BCUT2D eigenvalue weighted by molar-refractivity contribution is 5.91. The van der Waals surface area contributed by atoms with Gasteiger partial charge in [0.1, 0.15) is 6.10 Å². The van der Waals surface area contributed by atoms with Crippen LogP contribution in [0.4, 0.5) is 0 Å². The van der Waals surface area contributed by atoms with Crippen LogP contribution < -0.4 is 5.73 Å². The predicted molar refractivity (Wildman–Crippen MR) is 71.3 cm³/mol. The van der Waals surface area contributed by atoms with Gasteiger partial charge in [0, 0.05) is 6.72 Å². The average molecular weight is 265 g/mol. The zero-order valence-electron chi connectivity index (χ0n) is 10.9. The van der Waals surface area contributed by atoms with Gasteiger partial charge in [0.2, 0.25) is 0 Å². The monoisotopic (exact) mass is 265 g/mol. The van der Waals surface area contributed by atoms with E-state index in [1.165, 1.54) is 4.68 Å². The molecule has 0 radical (unpaired) electrons. The molecule has 0 aliphatic carbocycles. The van der Waals surface area contributed by atoms with Gasteiger partial charge in [0.05, 0.1) is 24.6 Å². The zero-order chi connectivity index (χ0) is 14.0. The summed E-state index contributed by atoms with van der Waals surface area (Å²) >= 11 is 0. The van der Waals surface area contributed by atoms with Crippen molar-refractivity contribution in [2.75, 3.05) is 6.61 Å². The Hall–Kier alpha value is -1.73. The Morgan fingerprint density at radius 2 is 2.47 bits per heavy atom. The van der Waals surface area contributed by atoms with E-state index < -0.39 is 0 Å². The smallest absolute Gasteiger partial charge is 0.196 e. The number of aliphatic hydroxyl groups is 1. The number of nitrogens with one attached hydrogen (secondary N) is 1. The van der Waals surface area contributed by atoms with Crippen LogP contribution in [-0.4, -0.2) is 40.0 Å². The lowest BCUT2D eigenvalue weighted by molar-refractivity contribution is -0.102. The molecule has 1 aliphatic heterocycles. The van der Waals surface area contributed by atoms with Gasteiger partial charge in [-0.1, -0.05) is 6.92 Å². The Bertz CT molecular complexity index is 484. The third kappa shape index (κ3) is 2.52. The van der Waals surface area contributed by atoms with Gasteiger partial charge in [-0.15, -0.1) is 0 Å². The maximum absolute atomic E-state index is 9.22. The van der Waals surface area contributed by atoms with Crippen LogP contribution in [0.1, 0.15) is 37.4 Å². The maximum atomic E-state index is 9.22. The van der Waals surface area contributed by atoms with Crippen LogP contribution in [0.5, 0.6) is 0 Å². The van der Waals surface area contributed by atoms with Crippen molar-refractivity contribution in [2.24, 2.45) is 16.8 Å². The summed E-state index contributed by atoms with van der Waals surface area (Å²) in [6, 6.07) is 0. The fourth-order valence-electron chi connectivity index (χ4n) is 2.39. The van der Waals surface area contributed by atoms with Crippen molar-refractivity contribution in [2.45, 2.75) is 32.0 Å².